The third-order valence-corrected chi connectivity index (χ3v) is 5.57. The number of aryl methyl sites for hydroxylation is 1. The highest BCUT2D eigenvalue weighted by Crippen LogP contribution is 2.19. The highest BCUT2D eigenvalue weighted by atomic mass is 35.5. The van der Waals surface area contributed by atoms with Crippen LogP contribution in [0.1, 0.15) is 17.9 Å². The van der Waals surface area contributed by atoms with Crippen LogP contribution in [0.4, 0.5) is 0 Å². The summed E-state index contributed by atoms with van der Waals surface area (Å²) in [7, 11) is 0. The van der Waals surface area contributed by atoms with Crippen molar-refractivity contribution < 1.29 is 9.32 Å². The molecular formula is C24H25ClN4O2. The zero-order valence-corrected chi connectivity index (χ0v) is 18.0. The summed E-state index contributed by atoms with van der Waals surface area (Å²) in [4.78, 5) is 21.3. The first-order valence-electron chi connectivity index (χ1n) is 10.5. The summed E-state index contributed by atoms with van der Waals surface area (Å²) in [6, 6.07) is 17.5. The maximum Gasteiger partial charge on any atom is 0.227 e. The number of halogens is 1. The molecule has 2 heterocycles. The van der Waals surface area contributed by atoms with Crippen LogP contribution in [0.5, 0.6) is 0 Å². The summed E-state index contributed by atoms with van der Waals surface area (Å²) in [5.74, 6) is 1.12. The van der Waals surface area contributed by atoms with E-state index in [2.05, 4.69) is 39.3 Å². The normalized spacial score (nSPS) is 14.9. The minimum absolute atomic E-state index is 0.130. The highest BCUT2D eigenvalue weighted by Gasteiger charge is 2.21. The third kappa shape index (κ3) is 6.03. The van der Waals surface area contributed by atoms with Crippen LogP contribution in [0, 0.1) is 0 Å². The molecule has 1 fully saturated rings. The molecule has 4 rings (SSSR count). The number of carbonyl (C=O) groups is 1. The maximum atomic E-state index is 12.6. The Bertz CT molecular complexity index is 1010. The molecule has 0 atom stereocenters. The molecule has 0 radical (unpaired) electrons. The van der Waals surface area contributed by atoms with Crippen molar-refractivity contribution in [1.29, 1.82) is 0 Å². The van der Waals surface area contributed by atoms with Crippen molar-refractivity contribution in [1.82, 2.24) is 19.9 Å². The van der Waals surface area contributed by atoms with E-state index in [0.717, 1.165) is 38.3 Å². The summed E-state index contributed by atoms with van der Waals surface area (Å²) in [5.41, 5.74) is 2.04. The molecule has 0 saturated carbocycles. The van der Waals surface area contributed by atoms with Crippen LogP contribution in [-0.4, -0.2) is 58.6 Å². The van der Waals surface area contributed by atoms with Gasteiger partial charge in [0, 0.05) is 56.2 Å². The van der Waals surface area contributed by atoms with Crippen LogP contribution < -0.4 is 0 Å². The first kappa shape index (κ1) is 21.3. The van der Waals surface area contributed by atoms with Crippen LogP contribution in [0.25, 0.3) is 17.5 Å². The second-order valence-electron chi connectivity index (χ2n) is 7.51. The molecule has 1 amide bonds. The predicted octanol–water partition coefficient (Wildman–Crippen LogP) is 4.18. The van der Waals surface area contributed by atoms with Gasteiger partial charge in [0.15, 0.2) is 0 Å². The largest absolute Gasteiger partial charge is 0.340 e. The Morgan fingerprint density at radius 3 is 2.52 bits per heavy atom. The minimum atomic E-state index is 0.130. The van der Waals surface area contributed by atoms with Crippen LogP contribution in [-0.2, 0) is 11.2 Å². The van der Waals surface area contributed by atoms with Crippen molar-refractivity contribution in [2.75, 3.05) is 32.7 Å². The number of nitrogens with zero attached hydrogens (tertiary/aromatic N) is 4. The summed E-state index contributed by atoms with van der Waals surface area (Å²) in [5, 5.41) is 4.66. The van der Waals surface area contributed by atoms with Gasteiger partial charge in [-0.2, -0.15) is 4.98 Å². The van der Waals surface area contributed by atoms with Gasteiger partial charge in [-0.05, 0) is 29.8 Å². The summed E-state index contributed by atoms with van der Waals surface area (Å²) < 4.78 is 5.30. The number of aromatic nitrogens is 2. The van der Waals surface area contributed by atoms with Crippen LogP contribution in [0.3, 0.4) is 0 Å². The van der Waals surface area contributed by atoms with Gasteiger partial charge in [-0.25, -0.2) is 0 Å². The summed E-state index contributed by atoms with van der Waals surface area (Å²) in [6.45, 7) is 4.15. The molecule has 160 valence electrons. The molecule has 31 heavy (non-hydrogen) atoms. The molecule has 1 aliphatic rings. The lowest BCUT2D eigenvalue weighted by Crippen LogP contribution is -2.48. The molecule has 6 nitrogen and oxygen atoms in total. The smallest absolute Gasteiger partial charge is 0.227 e. The Morgan fingerprint density at radius 1 is 1.03 bits per heavy atom. The predicted molar refractivity (Wildman–Crippen MR) is 122 cm³/mol. The number of piperazine rings is 1. The average molecular weight is 437 g/mol. The zero-order valence-electron chi connectivity index (χ0n) is 17.3. The maximum absolute atomic E-state index is 12.6. The third-order valence-electron chi connectivity index (χ3n) is 5.32. The van der Waals surface area contributed by atoms with Crippen LogP contribution >= 0.6 is 11.6 Å². The Hall–Kier alpha value is -2.96. The summed E-state index contributed by atoms with van der Waals surface area (Å²) in [6.07, 6.45) is 5.14. The Kier molecular flexibility index (Phi) is 7.12. The van der Waals surface area contributed by atoms with Gasteiger partial charge in [0.25, 0.3) is 0 Å². The SMILES string of the molecule is O=C(CCc1nc(-c2ccc(Cl)cc2)no1)N1CCN(CC=Cc2ccccc2)CC1. The molecule has 1 aromatic heterocycles. The molecule has 2 aromatic carbocycles. The monoisotopic (exact) mass is 436 g/mol. The fourth-order valence-corrected chi connectivity index (χ4v) is 3.65. The van der Waals surface area contributed by atoms with Gasteiger partial charge in [-0.3, -0.25) is 9.69 Å². The quantitative estimate of drug-likeness (QED) is 0.556. The van der Waals surface area contributed by atoms with E-state index in [1.807, 2.05) is 35.2 Å². The molecule has 3 aromatic rings. The molecule has 1 saturated heterocycles. The number of carbonyl (C=O) groups excluding carboxylic acids is 1. The standard InChI is InChI=1S/C24H25ClN4O2/c25-21-10-8-20(9-11-21)24-26-22(31-27-24)12-13-23(30)29-17-15-28(16-18-29)14-4-7-19-5-2-1-3-6-19/h1-11H,12-18H2. The van der Waals surface area contributed by atoms with Crippen molar-refractivity contribution in [2.45, 2.75) is 12.8 Å². The molecule has 1 aliphatic heterocycles. The van der Waals surface area contributed by atoms with Crippen molar-refractivity contribution in [2.24, 2.45) is 0 Å². The van der Waals surface area contributed by atoms with E-state index in [4.69, 9.17) is 16.1 Å². The van der Waals surface area contributed by atoms with Crippen molar-refractivity contribution in [3.8, 4) is 11.4 Å². The average Bonchev–Trinajstić information content (AvgIpc) is 3.28. The lowest BCUT2D eigenvalue weighted by atomic mass is 10.2. The van der Waals surface area contributed by atoms with E-state index in [1.165, 1.54) is 5.56 Å². The van der Waals surface area contributed by atoms with Gasteiger partial charge in [0.05, 0.1) is 0 Å². The molecule has 0 spiro atoms. The molecular weight excluding hydrogens is 412 g/mol. The lowest BCUT2D eigenvalue weighted by Gasteiger charge is -2.34. The van der Waals surface area contributed by atoms with Gasteiger partial charge in [-0.1, -0.05) is 59.2 Å². The van der Waals surface area contributed by atoms with E-state index in [1.54, 1.807) is 12.1 Å². The van der Waals surface area contributed by atoms with Crippen molar-refractivity contribution >= 4 is 23.6 Å². The van der Waals surface area contributed by atoms with E-state index >= 15 is 0 Å². The number of hydrogen-bond acceptors (Lipinski definition) is 5. The fourth-order valence-electron chi connectivity index (χ4n) is 3.53. The van der Waals surface area contributed by atoms with E-state index < -0.39 is 0 Å². The Labute approximate surface area is 187 Å². The number of rotatable bonds is 7. The molecule has 0 aliphatic carbocycles. The zero-order chi connectivity index (χ0) is 21.5. The number of benzene rings is 2. The first-order chi connectivity index (χ1) is 15.2. The van der Waals surface area contributed by atoms with E-state index in [0.29, 0.717) is 29.6 Å². The Balaban J connectivity index is 1.20. The van der Waals surface area contributed by atoms with Crippen molar-refractivity contribution in [3.63, 3.8) is 0 Å². The fraction of sp³-hybridized carbons (Fsp3) is 0.292. The van der Waals surface area contributed by atoms with Crippen LogP contribution in [0.2, 0.25) is 5.02 Å². The molecule has 0 bridgehead atoms. The lowest BCUT2D eigenvalue weighted by molar-refractivity contribution is -0.132. The van der Waals surface area contributed by atoms with Gasteiger partial charge >= 0.3 is 0 Å². The van der Waals surface area contributed by atoms with Crippen molar-refractivity contribution in [3.05, 3.63) is 77.2 Å². The van der Waals surface area contributed by atoms with Crippen LogP contribution in [0.15, 0.2) is 65.2 Å². The molecule has 0 N–H and O–H groups in total. The first-order valence-corrected chi connectivity index (χ1v) is 10.9. The van der Waals surface area contributed by atoms with E-state index in [-0.39, 0.29) is 5.91 Å². The van der Waals surface area contributed by atoms with E-state index in [9.17, 15) is 4.79 Å². The topological polar surface area (TPSA) is 62.5 Å². The number of hydrogen-bond donors (Lipinski definition) is 0. The number of amides is 1. The Morgan fingerprint density at radius 2 is 1.77 bits per heavy atom. The van der Waals surface area contributed by atoms with Gasteiger partial charge < -0.3 is 9.42 Å². The second kappa shape index (κ2) is 10.4. The second-order valence-corrected chi connectivity index (χ2v) is 7.95. The molecule has 7 heteroatoms. The molecule has 0 unspecified atom stereocenters. The summed E-state index contributed by atoms with van der Waals surface area (Å²) >= 11 is 5.91. The highest BCUT2D eigenvalue weighted by molar-refractivity contribution is 6.30. The van der Waals surface area contributed by atoms with Gasteiger partial charge in [0.1, 0.15) is 0 Å². The van der Waals surface area contributed by atoms with Gasteiger partial charge in [-0.15, -0.1) is 0 Å². The van der Waals surface area contributed by atoms with Gasteiger partial charge in [0.2, 0.25) is 17.6 Å². The minimum Gasteiger partial charge on any atom is -0.340 e.